The van der Waals surface area contributed by atoms with Crippen LogP contribution in [0.1, 0.15) is 50.1 Å². The van der Waals surface area contributed by atoms with Crippen LogP contribution < -0.4 is 5.32 Å². The molecular formula is C16H23N3O2. The van der Waals surface area contributed by atoms with Crippen LogP contribution in [-0.4, -0.2) is 22.0 Å². The van der Waals surface area contributed by atoms with Crippen LogP contribution in [0.15, 0.2) is 28.9 Å². The Kier molecular flexibility index (Phi) is 4.83. The average molecular weight is 289 g/mol. The molecule has 0 radical (unpaired) electrons. The molecule has 0 aliphatic rings. The van der Waals surface area contributed by atoms with Gasteiger partial charge in [-0.25, -0.2) is 4.98 Å². The van der Waals surface area contributed by atoms with Gasteiger partial charge < -0.3 is 14.3 Å². The number of furan rings is 1. The van der Waals surface area contributed by atoms with Crippen molar-refractivity contribution in [2.45, 2.75) is 46.1 Å². The second-order valence-electron chi connectivity index (χ2n) is 5.58. The molecule has 1 N–H and O–H groups in total. The molecule has 21 heavy (non-hydrogen) atoms. The minimum Gasteiger partial charge on any atom is -0.466 e. The van der Waals surface area contributed by atoms with Crippen LogP contribution in [0.2, 0.25) is 0 Å². The van der Waals surface area contributed by atoms with Crippen LogP contribution in [0, 0.1) is 6.92 Å². The molecule has 5 heteroatoms. The van der Waals surface area contributed by atoms with Crippen LogP contribution >= 0.6 is 0 Å². The van der Waals surface area contributed by atoms with Crippen molar-refractivity contribution in [1.29, 1.82) is 0 Å². The highest BCUT2D eigenvalue weighted by atomic mass is 16.3. The molecule has 0 spiro atoms. The maximum absolute atomic E-state index is 12.2. The zero-order valence-corrected chi connectivity index (χ0v) is 13.1. The van der Waals surface area contributed by atoms with Crippen molar-refractivity contribution in [3.63, 3.8) is 0 Å². The monoisotopic (exact) mass is 289 g/mol. The van der Waals surface area contributed by atoms with Gasteiger partial charge >= 0.3 is 0 Å². The molecule has 0 aliphatic heterocycles. The van der Waals surface area contributed by atoms with E-state index in [0.717, 1.165) is 17.3 Å². The fourth-order valence-electron chi connectivity index (χ4n) is 2.30. The Hall–Kier alpha value is -2.04. The molecule has 0 unspecified atom stereocenters. The molecule has 2 aromatic heterocycles. The van der Waals surface area contributed by atoms with E-state index in [-0.39, 0.29) is 11.9 Å². The van der Waals surface area contributed by atoms with Gasteiger partial charge in [0, 0.05) is 31.3 Å². The molecule has 0 aromatic carbocycles. The maximum Gasteiger partial charge on any atom is 0.242 e. The molecular weight excluding hydrogens is 266 g/mol. The topological polar surface area (TPSA) is 60.1 Å². The third-order valence-corrected chi connectivity index (χ3v) is 3.48. The summed E-state index contributed by atoms with van der Waals surface area (Å²) in [7, 11) is 0. The summed E-state index contributed by atoms with van der Waals surface area (Å²) in [5.74, 6) is 3.01. The molecule has 0 aliphatic carbocycles. The Balaban J connectivity index is 1.89. The molecule has 2 heterocycles. The summed E-state index contributed by atoms with van der Waals surface area (Å²) < 4.78 is 7.41. The fraction of sp³-hybridized carbons (Fsp3) is 0.500. The lowest BCUT2D eigenvalue weighted by Gasteiger charge is -2.17. The van der Waals surface area contributed by atoms with Crippen molar-refractivity contribution < 1.29 is 9.21 Å². The summed E-state index contributed by atoms with van der Waals surface area (Å²) >= 11 is 0. The molecule has 2 aromatic rings. The van der Waals surface area contributed by atoms with Crippen LogP contribution in [0.3, 0.4) is 0 Å². The van der Waals surface area contributed by atoms with Gasteiger partial charge in [0.25, 0.3) is 0 Å². The molecule has 0 saturated carbocycles. The smallest absolute Gasteiger partial charge is 0.242 e. The number of hydrogen-bond donors (Lipinski definition) is 1. The summed E-state index contributed by atoms with van der Waals surface area (Å²) in [6.07, 6.45) is 4.30. The van der Waals surface area contributed by atoms with E-state index >= 15 is 0 Å². The Bertz CT molecular complexity index is 598. The van der Waals surface area contributed by atoms with E-state index in [1.807, 2.05) is 36.7 Å². The van der Waals surface area contributed by atoms with E-state index in [4.69, 9.17) is 4.42 Å². The number of carbonyl (C=O) groups excluding carboxylic acids is 1. The molecule has 1 atom stereocenters. The fourth-order valence-corrected chi connectivity index (χ4v) is 2.30. The van der Waals surface area contributed by atoms with Crippen molar-refractivity contribution in [3.8, 4) is 0 Å². The minimum absolute atomic E-state index is 0.00169. The summed E-state index contributed by atoms with van der Waals surface area (Å²) in [4.78, 5) is 16.5. The van der Waals surface area contributed by atoms with Crippen molar-refractivity contribution in [2.24, 2.45) is 0 Å². The van der Waals surface area contributed by atoms with Crippen molar-refractivity contribution >= 4 is 5.91 Å². The van der Waals surface area contributed by atoms with Gasteiger partial charge in [-0.05, 0) is 26.0 Å². The number of hydrogen-bond acceptors (Lipinski definition) is 3. The minimum atomic E-state index is -0.261. The molecule has 0 fully saturated rings. The van der Waals surface area contributed by atoms with Crippen LogP contribution in [-0.2, 0) is 11.2 Å². The summed E-state index contributed by atoms with van der Waals surface area (Å²) in [5, 5.41) is 2.95. The average Bonchev–Trinajstić information content (AvgIpc) is 3.06. The van der Waals surface area contributed by atoms with E-state index < -0.39 is 0 Å². The number of amides is 1. The largest absolute Gasteiger partial charge is 0.466 e. The quantitative estimate of drug-likeness (QED) is 0.889. The standard InChI is InChI=1S/C16H23N3O2/c1-11(2)15-17-9-10-19(15)13(4)16(20)18-8-7-14-6-5-12(3)21-14/h5-6,9-11,13H,7-8H2,1-4H3,(H,18,20)/t13-/m1/s1. The summed E-state index contributed by atoms with van der Waals surface area (Å²) in [6, 6.07) is 3.61. The lowest BCUT2D eigenvalue weighted by molar-refractivity contribution is -0.123. The molecule has 2 rings (SSSR count). The van der Waals surface area contributed by atoms with Crippen molar-refractivity contribution in [2.75, 3.05) is 6.54 Å². The normalized spacial score (nSPS) is 12.6. The van der Waals surface area contributed by atoms with E-state index in [9.17, 15) is 4.79 Å². The van der Waals surface area contributed by atoms with Crippen LogP contribution in [0.25, 0.3) is 0 Å². The molecule has 1 amide bonds. The van der Waals surface area contributed by atoms with E-state index in [1.165, 1.54) is 0 Å². The molecule has 0 saturated heterocycles. The zero-order valence-electron chi connectivity index (χ0n) is 13.1. The third-order valence-electron chi connectivity index (χ3n) is 3.48. The van der Waals surface area contributed by atoms with Gasteiger partial charge in [0.2, 0.25) is 5.91 Å². The van der Waals surface area contributed by atoms with Gasteiger partial charge in [-0.1, -0.05) is 13.8 Å². The predicted molar refractivity (Wildman–Crippen MR) is 81.2 cm³/mol. The van der Waals surface area contributed by atoms with Gasteiger partial charge in [-0.2, -0.15) is 0 Å². The van der Waals surface area contributed by atoms with E-state index in [0.29, 0.717) is 18.9 Å². The Morgan fingerprint density at radius 3 is 2.76 bits per heavy atom. The van der Waals surface area contributed by atoms with Gasteiger partial charge in [0.15, 0.2) is 0 Å². The Morgan fingerprint density at radius 2 is 2.14 bits per heavy atom. The highest BCUT2D eigenvalue weighted by molar-refractivity contribution is 5.79. The van der Waals surface area contributed by atoms with E-state index in [1.54, 1.807) is 6.20 Å². The summed E-state index contributed by atoms with van der Waals surface area (Å²) in [5.41, 5.74) is 0. The first kappa shape index (κ1) is 15.4. The van der Waals surface area contributed by atoms with Gasteiger partial charge in [0.1, 0.15) is 23.4 Å². The lowest BCUT2D eigenvalue weighted by Crippen LogP contribution is -2.33. The number of aryl methyl sites for hydroxylation is 1. The Morgan fingerprint density at radius 1 is 1.38 bits per heavy atom. The first-order valence-corrected chi connectivity index (χ1v) is 7.34. The second kappa shape index (κ2) is 6.61. The van der Waals surface area contributed by atoms with Gasteiger partial charge in [-0.3, -0.25) is 4.79 Å². The van der Waals surface area contributed by atoms with Crippen molar-refractivity contribution in [1.82, 2.24) is 14.9 Å². The highest BCUT2D eigenvalue weighted by Gasteiger charge is 2.18. The zero-order chi connectivity index (χ0) is 15.4. The first-order valence-electron chi connectivity index (χ1n) is 7.34. The van der Waals surface area contributed by atoms with Gasteiger partial charge in [-0.15, -0.1) is 0 Å². The highest BCUT2D eigenvalue weighted by Crippen LogP contribution is 2.17. The SMILES string of the molecule is Cc1ccc(CCNC(=O)[C@@H](C)n2ccnc2C(C)C)o1. The number of imidazole rings is 1. The number of nitrogens with zero attached hydrogens (tertiary/aromatic N) is 2. The lowest BCUT2D eigenvalue weighted by atomic mass is 10.2. The molecule has 0 bridgehead atoms. The second-order valence-corrected chi connectivity index (χ2v) is 5.58. The number of aromatic nitrogens is 2. The third kappa shape index (κ3) is 3.74. The summed E-state index contributed by atoms with van der Waals surface area (Å²) in [6.45, 7) is 8.52. The van der Waals surface area contributed by atoms with Gasteiger partial charge in [0.05, 0.1) is 0 Å². The predicted octanol–water partition coefficient (Wildman–Crippen LogP) is 2.83. The van der Waals surface area contributed by atoms with Crippen LogP contribution in [0.5, 0.6) is 0 Å². The van der Waals surface area contributed by atoms with Crippen molar-refractivity contribution in [3.05, 3.63) is 41.9 Å². The molecule has 5 nitrogen and oxygen atoms in total. The number of carbonyl (C=O) groups is 1. The first-order chi connectivity index (χ1) is 9.99. The van der Waals surface area contributed by atoms with Crippen LogP contribution in [0.4, 0.5) is 0 Å². The Labute approximate surface area is 125 Å². The number of rotatable bonds is 6. The van der Waals surface area contributed by atoms with E-state index in [2.05, 4.69) is 24.1 Å². The molecule has 114 valence electrons. The maximum atomic E-state index is 12.2. The number of nitrogens with one attached hydrogen (secondary N) is 1.